The molecule has 0 saturated heterocycles. The van der Waals surface area contributed by atoms with Crippen LogP contribution in [0, 0.1) is 0 Å². The van der Waals surface area contributed by atoms with E-state index in [0.29, 0.717) is 5.75 Å². The average Bonchev–Trinajstić information content (AvgIpc) is 3.13. The third kappa shape index (κ3) is 6.04. The largest absolute Gasteiger partial charge is 0.482 e. The number of oxime groups is 1. The predicted molar refractivity (Wildman–Crippen MR) is 133 cm³/mol. The molecule has 2 aromatic carbocycles. The van der Waals surface area contributed by atoms with Crippen molar-refractivity contribution in [3.8, 4) is 5.75 Å². The van der Waals surface area contributed by atoms with Gasteiger partial charge in [-0.25, -0.2) is 4.79 Å². The van der Waals surface area contributed by atoms with Crippen LogP contribution in [0.15, 0.2) is 102 Å². The molecule has 4 rings (SSSR count). The van der Waals surface area contributed by atoms with Gasteiger partial charge in [0, 0.05) is 18.0 Å². The van der Waals surface area contributed by atoms with Gasteiger partial charge in [0.2, 0.25) is 0 Å². The molecule has 34 heavy (non-hydrogen) atoms. The van der Waals surface area contributed by atoms with Gasteiger partial charge in [0.25, 0.3) is 0 Å². The Bertz CT molecular complexity index is 1180. The van der Waals surface area contributed by atoms with Gasteiger partial charge in [0.05, 0.1) is 5.71 Å². The monoisotopic (exact) mass is 456 g/mol. The average molecular weight is 457 g/mol. The number of ether oxygens (including phenoxy) is 1. The molecule has 0 bridgehead atoms. The smallest absolute Gasteiger partial charge is 0.341 e. The van der Waals surface area contributed by atoms with Gasteiger partial charge in [0.15, 0.2) is 12.7 Å². The van der Waals surface area contributed by atoms with Gasteiger partial charge in [0.1, 0.15) is 5.75 Å². The van der Waals surface area contributed by atoms with Crippen LogP contribution in [-0.4, -0.2) is 23.4 Å². The minimum Gasteiger partial charge on any atom is -0.482 e. The lowest BCUT2D eigenvalue weighted by molar-refractivity contribution is -0.139. The SMILES string of the molecule is CC(C=C1CCc2c(cccc2OCC(=O)O)C1)=NOC(C1=CC=CNC=C1)c1ccccc1. The molecule has 0 radical (unpaired) electrons. The van der Waals surface area contributed by atoms with E-state index >= 15 is 0 Å². The summed E-state index contributed by atoms with van der Waals surface area (Å²) in [6, 6.07) is 15.8. The molecule has 6 nitrogen and oxygen atoms in total. The summed E-state index contributed by atoms with van der Waals surface area (Å²) in [5.41, 5.74) is 6.32. The molecule has 1 heterocycles. The first kappa shape index (κ1) is 23.1. The minimum absolute atomic E-state index is 0.323. The number of carbonyl (C=O) groups is 1. The number of hydrogen-bond acceptors (Lipinski definition) is 5. The van der Waals surface area contributed by atoms with E-state index in [1.807, 2.05) is 80.0 Å². The molecule has 2 aliphatic rings. The number of allylic oxidation sites excluding steroid dienone is 4. The summed E-state index contributed by atoms with van der Waals surface area (Å²) in [6.45, 7) is 1.61. The van der Waals surface area contributed by atoms with E-state index in [0.717, 1.165) is 47.2 Å². The van der Waals surface area contributed by atoms with E-state index in [1.54, 1.807) is 0 Å². The Morgan fingerprint density at radius 3 is 2.82 bits per heavy atom. The molecule has 0 fully saturated rings. The zero-order chi connectivity index (χ0) is 23.8. The van der Waals surface area contributed by atoms with Gasteiger partial charge in [-0.1, -0.05) is 59.3 Å². The molecule has 0 spiro atoms. The lowest BCUT2D eigenvalue weighted by Crippen LogP contribution is -2.13. The maximum atomic E-state index is 10.9. The number of benzene rings is 2. The summed E-state index contributed by atoms with van der Waals surface area (Å²) in [4.78, 5) is 16.9. The Morgan fingerprint density at radius 1 is 1.15 bits per heavy atom. The van der Waals surface area contributed by atoms with Crippen LogP contribution in [0.5, 0.6) is 5.75 Å². The number of rotatable bonds is 8. The highest BCUT2D eigenvalue weighted by Gasteiger charge is 2.19. The van der Waals surface area contributed by atoms with E-state index in [9.17, 15) is 4.79 Å². The third-order valence-corrected chi connectivity index (χ3v) is 5.67. The van der Waals surface area contributed by atoms with Crippen molar-refractivity contribution in [3.63, 3.8) is 0 Å². The first-order valence-electron chi connectivity index (χ1n) is 11.3. The molecule has 0 aromatic heterocycles. The number of fused-ring (bicyclic) bond motifs is 1. The molecule has 0 amide bonds. The molecule has 174 valence electrons. The summed E-state index contributed by atoms with van der Waals surface area (Å²) in [5, 5.41) is 16.4. The third-order valence-electron chi connectivity index (χ3n) is 5.67. The van der Waals surface area contributed by atoms with Crippen LogP contribution < -0.4 is 10.1 Å². The Balaban J connectivity index is 1.49. The summed E-state index contributed by atoms with van der Waals surface area (Å²) >= 11 is 0. The van der Waals surface area contributed by atoms with Crippen LogP contribution in [0.25, 0.3) is 0 Å². The molecule has 1 unspecified atom stereocenters. The molecule has 1 aliphatic carbocycles. The standard InChI is InChI=1S/C28H28N2O4/c1-20(17-21-12-13-25-24(18-21)9-5-11-26(25)33-19-27(31)32)30-34-28(22-7-3-2-4-8-22)23-10-6-15-29-16-14-23/h2-11,14-17,28-29H,12-13,18-19H2,1H3,(H,31,32). The van der Waals surface area contributed by atoms with Crippen molar-refractivity contribution in [2.45, 2.75) is 32.3 Å². The number of aliphatic carboxylic acids is 1. The van der Waals surface area contributed by atoms with Gasteiger partial charge in [-0.3, -0.25) is 0 Å². The van der Waals surface area contributed by atoms with Crippen molar-refractivity contribution in [2.24, 2.45) is 5.16 Å². The maximum absolute atomic E-state index is 10.9. The van der Waals surface area contributed by atoms with E-state index in [1.165, 1.54) is 5.57 Å². The molecule has 0 saturated carbocycles. The van der Waals surface area contributed by atoms with Gasteiger partial charge < -0.3 is 20.0 Å². The van der Waals surface area contributed by atoms with Crippen molar-refractivity contribution in [1.29, 1.82) is 0 Å². The van der Waals surface area contributed by atoms with Gasteiger partial charge in [-0.2, -0.15) is 0 Å². The molecule has 6 heteroatoms. The van der Waals surface area contributed by atoms with Crippen LogP contribution >= 0.6 is 0 Å². The second-order valence-corrected chi connectivity index (χ2v) is 8.21. The highest BCUT2D eigenvalue weighted by atomic mass is 16.6. The Labute approximate surface area is 199 Å². The van der Waals surface area contributed by atoms with Gasteiger partial charge >= 0.3 is 5.97 Å². The molecule has 2 aromatic rings. The Morgan fingerprint density at radius 2 is 2.00 bits per heavy atom. The predicted octanol–water partition coefficient (Wildman–Crippen LogP) is 5.26. The summed E-state index contributed by atoms with van der Waals surface area (Å²) in [6.07, 6.45) is 13.9. The first-order valence-corrected chi connectivity index (χ1v) is 11.3. The molecule has 1 aliphatic heterocycles. The van der Waals surface area contributed by atoms with Crippen LogP contribution in [0.3, 0.4) is 0 Å². The lowest BCUT2D eigenvalue weighted by atomic mass is 9.87. The van der Waals surface area contributed by atoms with Crippen LogP contribution in [0.4, 0.5) is 0 Å². The fourth-order valence-corrected chi connectivity index (χ4v) is 4.12. The number of nitrogens with zero attached hydrogens (tertiary/aromatic N) is 1. The van der Waals surface area contributed by atoms with E-state index in [2.05, 4.69) is 22.6 Å². The highest BCUT2D eigenvalue weighted by Crippen LogP contribution is 2.32. The fraction of sp³-hybridized carbons (Fsp3) is 0.214. The van der Waals surface area contributed by atoms with Crippen molar-refractivity contribution in [1.82, 2.24) is 5.32 Å². The molecule has 2 N–H and O–H groups in total. The second-order valence-electron chi connectivity index (χ2n) is 8.21. The Hall–Kier alpha value is -4.06. The van der Waals surface area contributed by atoms with Crippen molar-refractivity contribution in [2.75, 3.05) is 6.61 Å². The zero-order valence-electron chi connectivity index (χ0n) is 19.1. The second kappa shape index (κ2) is 11.2. The molecular weight excluding hydrogens is 428 g/mol. The summed E-state index contributed by atoms with van der Waals surface area (Å²) in [7, 11) is 0. The number of hydrogen-bond donors (Lipinski definition) is 2. The van der Waals surface area contributed by atoms with Gasteiger partial charge in [-0.15, -0.1) is 0 Å². The van der Waals surface area contributed by atoms with Crippen LogP contribution in [0.2, 0.25) is 0 Å². The van der Waals surface area contributed by atoms with E-state index in [4.69, 9.17) is 14.7 Å². The summed E-state index contributed by atoms with van der Waals surface area (Å²) < 4.78 is 5.47. The van der Waals surface area contributed by atoms with Crippen LogP contribution in [-0.2, 0) is 22.5 Å². The minimum atomic E-state index is -0.975. The Kier molecular flexibility index (Phi) is 7.60. The quantitative estimate of drug-likeness (QED) is 0.419. The normalized spacial score (nSPS) is 17.3. The molecule has 1 atom stereocenters. The molecular formula is C28H28N2O4. The number of nitrogens with one attached hydrogen (secondary N) is 1. The van der Waals surface area contributed by atoms with Crippen molar-refractivity contribution >= 4 is 11.7 Å². The summed E-state index contributed by atoms with van der Waals surface area (Å²) in [5.74, 6) is -0.316. The van der Waals surface area contributed by atoms with Crippen molar-refractivity contribution < 1.29 is 19.5 Å². The fourth-order valence-electron chi connectivity index (χ4n) is 4.12. The zero-order valence-corrected chi connectivity index (χ0v) is 19.1. The highest BCUT2D eigenvalue weighted by molar-refractivity contribution is 5.93. The topological polar surface area (TPSA) is 80.2 Å². The van der Waals surface area contributed by atoms with E-state index < -0.39 is 5.97 Å². The maximum Gasteiger partial charge on any atom is 0.341 e. The number of carboxylic acid groups (broad SMARTS) is 1. The van der Waals surface area contributed by atoms with Crippen LogP contribution in [0.1, 0.15) is 36.1 Å². The van der Waals surface area contributed by atoms with E-state index in [-0.39, 0.29) is 12.7 Å². The van der Waals surface area contributed by atoms with Crippen molar-refractivity contribution in [3.05, 3.63) is 113 Å². The number of carboxylic acids is 1. The lowest BCUT2D eigenvalue weighted by Gasteiger charge is -2.21. The first-order chi connectivity index (χ1) is 16.6. The van der Waals surface area contributed by atoms with Gasteiger partial charge in [-0.05, 0) is 67.2 Å².